The van der Waals surface area contributed by atoms with Crippen LogP contribution in [0.2, 0.25) is 0 Å². The Kier molecular flexibility index (Phi) is 25.1. The molecule has 0 bridgehead atoms. The van der Waals surface area contributed by atoms with Gasteiger partial charge in [-0.1, -0.05) is 124 Å². The number of carboxylic acid groups (broad SMARTS) is 2. The zero-order valence-corrected chi connectivity index (χ0v) is 33.7. The maximum atomic E-state index is 12.3. The Balaban J connectivity index is 0.000000523. The van der Waals surface area contributed by atoms with Crippen LogP contribution in [0.5, 0.6) is 0 Å². The fourth-order valence-electron chi connectivity index (χ4n) is 6.48. The minimum absolute atomic E-state index is 0.0184. The van der Waals surface area contributed by atoms with Gasteiger partial charge in [0.2, 0.25) is 9.84 Å². The van der Waals surface area contributed by atoms with Gasteiger partial charge in [0.1, 0.15) is 0 Å². The van der Waals surface area contributed by atoms with Gasteiger partial charge in [0.05, 0.1) is 45.6 Å². The lowest BCUT2D eigenvalue weighted by atomic mass is 10.0. The van der Waals surface area contributed by atoms with Gasteiger partial charge in [-0.25, -0.2) is 18.0 Å². The van der Waals surface area contributed by atoms with Crippen LogP contribution in [0.3, 0.4) is 0 Å². The Labute approximate surface area is 306 Å². The quantitative estimate of drug-likeness (QED) is 0.0665. The number of hydrogen-bond donors (Lipinski definition) is 2. The first kappa shape index (κ1) is 45.8. The molecular formula is C42H70O6PS+. The Morgan fingerprint density at radius 1 is 0.440 bits per heavy atom. The SMILES string of the molecule is CCCCCCCCCCCCCCCC[P+](CCCC)(CCCC)CCCC.O=C(O)c1ccc(S(=O)(=O)c2ccc(C(=O)O)cc2)cc1. The highest BCUT2D eigenvalue weighted by Gasteiger charge is 2.34. The molecule has 0 saturated carbocycles. The number of rotatable bonds is 28. The van der Waals surface area contributed by atoms with Crippen molar-refractivity contribution in [2.24, 2.45) is 0 Å². The number of sulfone groups is 1. The summed E-state index contributed by atoms with van der Waals surface area (Å²) in [6, 6.07) is 9.57. The van der Waals surface area contributed by atoms with E-state index in [2.05, 4.69) is 27.7 Å². The molecule has 0 amide bonds. The van der Waals surface area contributed by atoms with Crippen molar-refractivity contribution in [1.29, 1.82) is 0 Å². The normalized spacial score (nSPS) is 11.6. The lowest BCUT2D eigenvalue weighted by Crippen LogP contribution is -2.13. The molecule has 0 aliphatic heterocycles. The zero-order valence-electron chi connectivity index (χ0n) is 32.0. The number of hydrogen-bond acceptors (Lipinski definition) is 4. The van der Waals surface area contributed by atoms with Crippen LogP contribution in [0.4, 0.5) is 0 Å². The highest BCUT2D eigenvalue weighted by molar-refractivity contribution is 7.91. The van der Waals surface area contributed by atoms with E-state index in [-0.39, 0.29) is 20.9 Å². The lowest BCUT2D eigenvalue weighted by molar-refractivity contribution is 0.0686. The van der Waals surface area contributed by atoms with Gasteiger partial charge in [0.15, 0.2) is 0 Å². The lowest BCUT2D eigenvalue weighted by Gasteiger charge is -2.28. The van der Waals surface area contributed by atoms with E-state index < -0.39 is 29.0 Å². The van der Waals surface area contributed by atoms with Gasteiger partial charge >= 0.3 is 11.9 Å². The molecule has 2 N–H and O–H groups in total. The molecular weight excluding hydrogens is 663 g/mol. The van der Waals surface area contributed by atoms with Gasteiger partial charge in [-0.05, 0) is 80.6 Å². The van der Waals surface area contributed by atoms with Crippen molar-refractivity contribution < 1.29 is 28.2 Å². The van der Waals surface area contributed by atoms with E-state index in [0.29, 0.717) is 0 Å². The van der Waals surface area contributed by atoms with Gasteiger partial charge in [-0.2, -0.15) is 0 Å². The Morgan fingerprint density at radius 3 is 0.980 bits per heavy atom. The molecule has 6 nitrogen and oxygen atoms in total. The van der Waals surface area contributed by atoms with Gasteiger partial charge in [0, 0.05) is 7.26 Å². The van der Waals surface area contributed by atoms with Crippen LogP contribution in [0.25, 0.3) is 0 Å². The summed E-state index contributed by atoms with van der Waals surface area (Å²) < 4.78 is 24.6. The summed E-state index contributed by atoms with van der Waals surface area (Å²) in [6.45, 7) is 9.48. The summed E-state index contributed by atoms with van der Waals surface area (Å²) >= 11 is 0. The fourth-order valence-corrected chi connectivity index (χ4v) is 12.9. The molecule has 284 valence electrons. The molecule has 0 aliphatic rings. The number of aromatic carboxylic acids is 2. The third kappa shape index (κ3) is 18.8. The van der Waals surface area contributed by atoms with Crippen LogP contribution in [-0.4, -0.2) is 55.2 Å². The average Bonchev–Trinajstić information content (AvgIpc) is 3.12. The summed E-state index contributed by atoms with van der Waals surface area (Å²) in [6.07, 6.45) is 36.0. The largest absolute Gasteiger partial charge is 0.478 e. The third-order valence-electron chi connectivity index (χ3n) is 9.77. The number of benzene rings is 2. The summed E-state index contributed by atoms with van der Waals surface area (Å²) in [5, 5.41) is 17.5. The molecule has 0 atom stereocenters. The van der Waals surface area contributed by atoms with Crippen LogP contribution >= 0.6 is 7.26 Å². The first-order valence-corrected chi connectivity index (χ1v) is 23.8. The van der Waals surface area contributed by atoms with E-state index in [9.17, 15) is 18.0 Å². The number of carboxylic acids is 2. The monoisotopic (exact) mass is 733 g/mol. The average molecular weight is 734 g/mol. The molecule has 0 aliphatic carbocycles. The van der Waals surface area contributed by atoms with Gasteiger partial charge < -0.3 is 10.2 Å². The van der Waals surface area contributed by atoms with Crippen molar-refractivity contribution in [2.75, 3.05) is 24.6 Å². The number of carbonyl (C=O) groups is 2. The molecule has 0 fully saturated rings. The molecule has 0 radical (unpaired) electrons. The number of unbranched alkanes of at least 4 members (excludes halogenated alkanes) is 16. The zero-order chi connectivity index (χ0) is 37.1. The van der Waals surface area contributed by atoms with E-state index in [1.807, 2.05) is 0 Å². The fraction of sp³-hybridized carbons (Fsp3) is 0.667. The molecule has 8 heteroatoms. The van der Waals surface area contributed by atoms with Crippen molar-refractivity contribution in [2.45, 2.75) is 166 Å². The van der Waals surface area contributed by atoms with Crippen molar-refractivity contribution in [1.82, 2.24) is 0 Å². The van der Waals surface area contributed by atoms with Crippen LogP contribution in [0.15, 0.2) is 58.3 Å². The Hall–Kier alpha value is -2.24. The van der Waals surface area contributed by atoms with Crippen molar-refractivity contribution in [3.8, 4) is 0 Å². The summed E-state index contributed by atoms with van der Waals surface area (Å²) in [4.78, 5) is 21.3. The van der Waals surface area contributed by atoms with Crippen LogP contribution in [0, 0.1) is 0 Å². The highest BCUT2D eigenvalue weighted by atomic mass is 32.2. The van der Waals surface area contributed by atoms with Crippen molar-refractivity contribution in [3.05, 3.63) is 59.7 Å². The van der Waals surface area contributed by atoms with Crippen LogP contribution < -0.4 is 0 Å². The molecule has 0 unspecified atom stereocenters. The molecule has 0 heterocycles. The first-order valence-electron chi connectivity index (χ1n) is 19.8. The van der Waals surface area contributed by atoms with E-state index in [4.69, 9.17) is 10.2 Å². The van der Waals surface area contributed by atoms with E-state index in [0.717, 1.165) is 0 Å². The third-order valence-corrected chi connectivity index (χ3v) is 16.6. The molecule has 50 heavy (non-hydrogen) atoms. The smallest absolute Gasteiger partial charge is 0.335 e. The second-order valence-electron chi connectivity index (χ2n) is 14.1. The topological polar surface area (TPSA) is 109 Å². The van der Waals surface area contributed by atoms with Gasteiger partial charge in [0.25, 0.3) is 0 Å². The minimum Gasteiger partial charge on any atom is -0.478 e. The van der Waals surface area contributed by atoms with Crippen LogP contribution in [0.1, 0.15) is 177 Å². The molecule has 0 aromatic heterocycles. The minimum atomic E-state index is -3.81. The maximum absolute atomic E-state index is 12.3. The molecule has 2 aromatic rings. The molecule has 2 aromatic carbocycles. The van der Waals surface area contributed by atoms with Gasteiger partial charge in [-0.15, -0.1) is 0 Å². The maximum Gasteiger partial charge on any atom is 0.335 e. The highest BCUT2D eigenvalue weighted by Crippen LogP contribution is 2.61. The predicted octanol–water partition coefficient (Wildman–Crippen LogP) is 12.8. The van der Waals surface area contributed by atoms with E-state index in [1.165, 1.54) is 171 Å². The standard InChI is InChI=1S/C28H60P.C14H10O6S/c1-5-9-13-14-15-16-17-18-19-20-21-22-23-24-28-29(25-10-6-2,26-11-7-3)27-12-8-4;15-13(16)9-1-5-11(6-2-9)21(19,20)12-7-3-10(4-8-12)14(17)18/h5-28H2,1-4H3;1-8H,(H,15,16)(H,17,18)/q+1;. The van der Waals surface area contributed by atoms with Crippen molar-refractivity contribution >= 4 is 29.0 Å². The van der Waals surface area contributed by atoms with Crippen molar-refractivity contribution in [3.63, 3.8) is 0 Å². The first-order chi connectivity index (χ1) is 24.1. The van der Waals surface area contributed by atoms with Crippen LogP contribution in [-0.2, 0) is 9.84 Å². The molecule has 0 spiro atoms. The second kappa shape index (κ2) is 27.4. The summed E-state index contributed by atoms with van der Waals surface area (Å²) in [5.41, 5.74) is -0.0367. The Bertz CT molecular complexity index is 1190. The second-order valence-corrected chi connectivity index (χ2v) is 20.5. The molecule has 2 rings (SSSR count). The summed E-state index contributed by atoms with van der Waals surface area (Å²) in [7, 11) is -4.44. The predicted molar refractivity (Wildman–Crippen MR) is 214 cm³/mol. The van der Waals surface area contributed by atoms with E-state index >= 15 is 0 Å². The van der Waals surface area contributed by atoms with E-state index in [1.54, 1.807) is 31.1 Å². The summed E-state index contributed by atoms with van der Waals surface area (Å²) in [5.74, 6) is -2.30. The molecule has 0 saturated heterocycles. The van der Waals surface area contributed by atoms with Gasteiger partial charge in [-0.3, -0.25) is 0 Å². The Morgan fingerprint density at radius 2 is 0.700 bits per heavy atom.